The van der Waals surface area contributed by atoms with Crippen molar-refractivity contribution in [3.63, 3.8) is 0 Å². The Hall–Kier alpha value is -1.43. The number of benzene rings is 1. The molecule has 226 valence electrons. The van der Waals surface area contributed by atoms with Crippen LogP contribution in [0.5, 0.6) is 5.75 Å². The molecule has 1 aromatic carbocycles. The lowest BCUT2D eigenvalue weighted by molar-refractivity contribution is -0.00555. The molecule has 0 bridgehead atoms. The van der Waals surface area contributed by atoms with Crippen LogP contribution in [0, 0.1) is 0 Å². The standard InChI is InChI=1S/C34H60O5/c1-3-5-7-9-11-13-14-16-18-20-25-39-34(30-22-23-31(28-35)33(37)27-30)24-26-38-29-32(36)21-19-17-15-12-10-8-6-4-2/h22-23,27-28,32,34,36-37H,3-21,24-26,29H2,1-2H3. The number of rotatable bonds is 28. The molecule has 0 amide bonds. The molecule has 0 saturated carbocycles. The fourth-order valence-electron chi connectivity index (χ4n) is 5.03. The molecule has 2 atom stereocenters. The summed E-state index contributed by atoms with van der Waals surface area (Å²) >= 11 is 0. The summed E-state index contributed by atoms with van der Waals surface area (Å²) in [6.07, 6.45) is 24.4. The molecule has 2 N–H and O–H groups in total. The van der Waals surface area contributed by atoms with Gasteiger partial charge >= 0.3 is 0 Å². The number of aliphatic hydroxyl groups excluding tert-OH is 1. The third-order valence-corrected chi connectivity index (χ3v) is 7.60. The number of carbonyl (C=O) groups is 1. The minimum atomic E-state index is -0.424. The van der Waals surface area contributed by atoms with Crippen LogP contribution in [0.1, 0.15) is 164 Å². The zero-order chi connectivity index (χ0) is 28.4. The molecule has 0 heterocycles. The van der Waals surface area contributed by atoms with Crippen molar-refractivity contribution >= 4 is 6.29 Å². The monoisotopic (exact) mass is 548 g/mol. The SMILES string of the molecule is CCCCCCCCCCCCOC(CCOCC(O)CCCCCCCCCC)c1ccc(C=O)c(O)c1. The van der Waals surface area contributed by atoms with Gasteiger partial charge in [-0.25, -0.2) is 0 Å². The Morgan fingerprint density at radius 2 is 1.26 bits per heavy atom. The average molecular weight is 549 g/mol. The van der Waals surface area contributed by atoms with Crippen LogP contribution in [0.2, 0.25) is 0 Å². The van der Waals surface area contributed by atoms with E-state index >= 15 is 0 Å². The van der Waals surface area contributed by atoms with Gasteiger partial charge in [0.1, 0.15) is 5.75 Å². The van der Waals surface area contributed by atoms with E-state index in [1.165, 1.54) is 103 Å². The van der Waals surface area contributed by atoms with Crippen molar-refractivity contribution in [2.45, 2.75) is 154 Å². The number of carbonyl (C=O) groups excluding carboxylic acids is 1. The number of hydrogen-bond donors (Lipinski definition) is 2. The van der Waals surface area contributed by atoms with Gasteiger partial charge in [0.05, 0.1) is 24.4 Å². The molecule has 0 spiro atoms. The molecule has 0 fully saturated rings. The molecule has 0 aliphatic rings. The molecule has 0 saturated heterocycles. The van der Waals surface area contributed by atoms with Crippen LogP contribution < -0.4 is 0 Å². The number of phenols is 1. The Morgan fingerprint density at radius 3 is 1.79 bits per heavy atom. The van der Waals surface area contributed by atoms with Crippen molar-refractivity contribution in [1.82, 2.24) is 0 Å². The first-order valence-corrected chi connectivity index (χ1v) is 16.3. The highest BCUT2D eigenvalue weighted by molar-refractivity contribution is 5.79. The number of ether oxygens (including phenoxy) is 2. The second-order valence-electron chi connectivity index (χ2n) is 11.3. The minimum absolute atomic E-state index is 0.0169. The Kier molecular flexibility index (Phi) is 23.3. The van der Waals surface area contributed by atoms with Crippen molar-refractivity contribution in [2.75, 3.05) is 19.8 Å². The lowest BCUT2D eigenvalue weighted by Crippen LogP contribution is -2.17. The molecule has 1 aromatic rings. The molecule has 5 heteroatoms. The first kappa shape index (κ1) is 35.6. The summed E-state index contributed by atoms with van der Waals surface area (Å²) in [5, 5.41) is 20.5. The van der Waals surface area contributed by atoms with E-state index in [0.29, 0.717) is 32.5 Å². The van der Waals surface area contributed by atoms with E-state index in [4.69, 9.17) is 9.47 Å². The van der Waals surface area contributed by atoms with Crippen LogP contribution in [-0.4, -0.2) is 42.4 Å². The van der Waals surface area contributed by atoms with E-state index < -0.39 is 6.10 Å². The van der Waals surface area contributed by atoms with E-state index in [2.05, 4.69) is 13.8 Å². The van der Waals surface area contributed by atoms with Gasteiger partial charge in [0.15, 0.2) is 6.29 Å². The minimum Gasteiger partial charge on any atom is -0.507 e. The fourth-order valence-corrected chi connectivity index (χ4v) is 5.03. The van der Waals surface area contributed by atoms with Crippen LogP contribution in [-0.2, 0) is 9.47 Å². The fraction of sp³-hybridized carbons (Fsp3) is 0.794. The number of aliphatic hydroxyl groups is 1. The quantitative estimate of drug-likeness (QED) is 0.0805. The zero-order valence-corrected chi connectivity index (χ0v) is 25.3. The van der Waals surface area contributed by atoms with Crippen LogP contribution in [0.25, 0.3) is 0 Å². The Labute approximate surface area is 240 Å². The number of hydrogen-bond acceptors (Lipinski definition) is 5. The van der Waals surface area contributed by atoms with E-state index in [9.17, 15) is 15.0 Å². The Balaban J connectivity index is 2.29. The van der Waals surface area contributed by atoms with Gasteiger partial charge in [-0.15, -0.1) is 0 Å². The van der Waals surface area contributed by atoms with E-state index in [1.54, 1.807) is 12.1 Å². The highest BCUT2D eigenvalue weighted by Crippen LogP contribution is 2.27. The first-order chi connectivity index (χ1) is 19.1. The van der Waals surface area contributed by atoms with E-state index in [-0.39, 0.29) is 17.4 Å². The van der Waals surface area contributed by atoms with Crippen LogP contribution in [0.15, 0.2) is 18.2 Å². The van der Waals surface area contributed by atoms with Gasteiger partial charge in [-0.3, -0.25) is 4.79 Å². The van der Waals surface area contributed by atoms with Gasteiger partial charge in [-0.1, -0.05) is 129 Å². The molecular formula is C34H60O5. The van der Waals surface area contributed by atoms with Crippen LogP contribution in [0.3, 0.4) is 0 Å². The van der Waals surface area contributed by atoms with Crippen molar-refractivity contribution in [1.29, 1.82) is 0 Å². The average Bonchev–Trinajstić information content (AvgIpc) is 2.94. The predicted octanol–water partition coefficient (Wildman–Crippen LogP) is 9.48. The van der Waals surface area contributed by atoms with Crippen LogP contribution in [0.4, 0.5) is 0 Å². The second kappa shape index (κ2) is 25.5. The highest BCUT2D eigenvalue weighted by Gasteiger charge is 2.15. The Morgan fingerprint density at radius 1 is 0.718 bits per heavy atom. The number of aldehydes is 1. The van der Waals surface area contributed by atoms with Gasteiger partial charge in [-0.2, -0.15) is 0 Å². The maximum Gasteiger partial charge on any atom is 0.153 e. The maximum atomic E-state index is 11.1. The summed E-state index contributed by atoms with van der Waals surface area (Å²) in [4.78, 5) is 11.1. The van der Waals surface area contributed by atoms with Crippen molar-refractivity contribution in [3.8, 4) is 5.75 Å². The van der Waals surface area contributed by atoms with Crippen molar-refractivity contribution < 1.29 is 24.5 Å². The third-order valence-electron chi connectivity index (χ3n) is 7.60. The summed E-state index contributed by atoms with van der Waals surface area (Å²) in [6, 6.07) is 5.12. The summed E-state index contributed by atoms with van der Waals surface area (Å²) < 4.78 is 12.0. The number of phenolic OH excluding ortho intramolecular Hbond substituents is 1. The molecule has 2 unspecified atom stereocenters. The third kappa shape index (κ3) is 19.3. The zero-order valence-electron chi connectivity index (χ0n) is 25.3. The summed E-state index contributed by atoms with van der Waals surface area (Å²) in [5.74, 6) is -0.0169. The second-order valence-corrected chi connectivity index (χ2v) is 11.3. The summed E-state index contributed by atoms with van der Waals surface area (Å²) in [7, 11) is 0. The van der Waals surface area contributed by atoms with E-state index in [1.807, 2.05) is 6.07 Å². The molecular weight excluding hydrogens is 488 g/mol. The van der Waals surface area contributed by atoms with E-state index in [0.717, 1.165) is 24.8 Å². The van der Waals surface area contributed by atoms with Crippen molar-refractivity contribution in [3.05, 3.63) is 29.3 Å². The van der Waals surface area contributed by atoms with Gasteiger partial charge in [0.2, 0.25) is 0 Å². The van der Waals surface area contributed by atoms with Gasteiger partial charge < -0.3 is 19.7 Å². The molecule has 0 radical (unpaired) electrons. The number of aromatic hydroxyl groups is 1. The lowest BCUT2D eigenvalue weighted by atomic mass is 10.0. The smallest absolute Gasteiger partial charge is 0.153 e. The number of unbranched alkanes of at least 4 members (excludes halogenated alkanes) is 16. The maximum absolute atomic E-state index is 11.1. The molecule has 0 aliphatic heterocycles. The van der Waals surface area contributed by atoms with Crippen LogP contribution >= 0.6 is 0 Å². The van der Waals surface area contributed by atoms with Gasteiger partial charge in [-0.05, 0) is 30.5 Å². The lowest BCUT2D eigenvalue weighted by Gasteiger charge is -2.20. The van der Waals surface area contributed by atoms with Gasteiger partial charge in [0, 0.05) is 19.6 Å². The molecule has 0 aliphatic carbocycles. The van der Waals surface area contributed by atoms with Gasteiger partial charge in [0.25, 0.3) is 0 Å². The molecule has 39 heavy (non-hydrogen) atoms. The highest BCUT2D eigenvalue weighted by atomic mass is 16.5. The first-order valence-electron chi connectivity index (χ1n) is 16.3. The normalized spacial score (nSPS) is 13.0. The topological polar surface area (TPSA) is 76.0 Å². The van der Waals surface area contributed by atoms with Crippen molar-refractivity contribution in [2.24, 2.45) is 0 Å². The largest absolute Gasteiger partial charge is 0.507 e. The summed E-state index contributed by atoms with van der Waals surface area (Å²) in [6.45, 7) is 5.99. The molecule has 5 nitrogen and oxygen atoms in total. The molecule has 0 aromatic heterocycles. The summed E-state index contributed by atoms with van der Waals surface area (Å²) in [5.41, 5.74) is 1.14. The molecule has 1 rings (SSSR count). The Bertz CT molecular complexity index is 692. The predicted molar refractivity (Wildman–Crippen MR) is 163 cm³/mol.